The van der Waals surface area contributed by atoms with E-state index in [2.05, 4.69) is 79.6 Å². The monoisotopic (exact) mass is 612 g/mol. The van der Waals surface area contributed by atoms with E-state index in [4.69, 9.17) is 9.73 Å². The van der Waals surface area contributed by atoms with Crippen LogP contribution in [0.1, 0.15) is 90.3 Å². The van der Waals surface area contributed by atoms with Crippen LogP contribution in [0.15, 0.2) is 97.7 Å². The zero-order chi connectivity index (χ0) is 32.9. The lowest BCUT2D eigenvalue weighted by atomic mass is 9.95. The first-order valence-corrected chi connectivity index (χ1v) is 15.7. The Bertz CT molecular complexity index is 1570. The summed E-state index contributed by atoms with van der Waals surface area (Å²) >= 11 is 0. The summed E-state index contributed by atoms with van der Waals surface area (Å²) in [6, 6.07) is 14.2. The minimum Gasteiger partial charge on any atom is -0.491 e. The van der Waals surface area contributed by atoms with Gasteiger partial charge in [-0.25, -0.2) is 9.79 Å². The van der Waals surface area contributed by atoms with Gasteiger partial charge in [0.1, 0.15) is 17.9 Å². The maximum Gasteiger partial charge on any atom is 0.438 e. The number of rotatable bonds is 7. The first kappa shape index (κ1) is 35.0. The number of hydrogen-bond donors (Lipinski definition) is 1. The molecule has 1 aromatic heterocycles. The van der Waals surface area contributed by atoms with Gasteiger partial charge in [0.2, 0.25) is 5.91 Å². The fourth-order valence-electron chi connectivity index (χ4n) is 5.15. The van der Waals surface area contributed by atoms with Gasteiger partial charge in [-0.15, -0.1) is 0 Å². The van der Waals surface area contributed by atoms with Gasteiger partial charge in [-0.1, -0.05) is 65.6 Å². The fraction of sp³-hybridized carbons (Fsp3) is 0.405. The van der Waals surface area contributed by atoms with Crippen LogP contribution >= 0.6 is 0 Å². The predicted molar refractivity (Wildman–Crippen MR) is 183 cm³/mol. The van der Waals surface area contributed by atoms with Crippen LogP contribution in [0.4, 0.5) is 5.69 Å². The molecule has 240 valence electrons. The number of aromatic nitrogens is 2. The Morgan fingerprint density at radius 3 is 2.11 bits per heavy atom. The van der Waals surface area contributed by atoms with Crippen LogP contribution in [0.5, 0.6) is 5.75 Å². The maximum atomic E-state index is 13.4. The van der Waals surface area contributed by atoms with Crippen LogP contribution in [-0.2, 0) is 11.2 Å². The number of carbonyl (C=O) groups is 1. The van der Waals surface area contributed by atoms with Crippen LogP contribution < -0.4 is 15.4 Å². The third kappa shape index (κ3) is 10.9. The van der Waals surface area contributed by atoms with Crippen molar-refractivity contribution in [2.75, 3.05) is 4.90 Å². The number of ether oxygens (including phenoxy) is 1. The predicted octanol–water partition coefficient (Wildman–Crippen LogP) is 8.58. The van der Waals surface area contributed by atoms with Crippen molar-refractivity contribution in [2.24, 2.45) is 4.99 Å². The van der Waals surface area contributed by atoms with Crippen LogP contribution in [0, 0.1) is 13.8 Å². The van der Waals surface area contributed by atoms with E-state index in [1.807, 2.05) is 45.0 Å². The molecule has 0 bridgehead atoms. The molecule has 0 atom stereocenters. The molecule has 3 aromatic rings. The van der Waals surface area contributed by atoms with Crippen LogP contribution in [-0.4, -0.2) is 28.0 Å². The van der Waals surface area contributed by atoms with Crippen LogP contribution in [0.25, 0.3) is 0 Å². The van der Waals surface area contributed by atoms with Gasteiger partial charge in [0.05, 0.1) is 18.2 Å². The van der Waals surface area contributed by atoms with E-state index in [0.717, 1.165) is 47.8 Å². The topological polar surface area (TPSA) is 101 Å². The molecule has 1 N–H and O–H groups in total. The van der Waals surface area contributed by atoms with Gasteiger partial charge in [0, 0.05) is 5.70 Å². The average molecular weight is 613 g/mol. The highest BCUT2D eigenvalue weighted by atomic mass is 16.5. The Kier molecular flexibility index (Phi) is 13.3. The molecule has 0 saturated heterocycles. The van der Waals surface area contributed by atoms with Crippen LogP contribution in [0.2, 0.25) is 0 Å². The number of amidine groups is 1. The SMILES string of the molecule is CC1=CCCC=C1C.CCCC1=C(Cc2ccc(C)cc2C)CC(=O)N(c2ccc(OC(C)C)cc2)C(C)=N1.O=c1[nH]cno1. The molecule has 1 amide bonds. The van der Waals surface area contributed by atoms with E-state index in [9.17, 15) is 9.59 Å². The van der Waals surface area contributed by atoms with Crippen molar-refractivity contribution >= 4 is 17.4 Å². The van der Waals surface area contributed by atoms with Crippen molar-refractivity contribution in [2.45, 2.75) is 100 Å². The van der Waals surface area contributed by atoms with Gasteiger partial charge < -0.3 is 4.74 Å². The Morgan fingerprint density at radius 2 is 1.62 bits per heavy atom. The molecule has 0 fully saturated rings. The molecule has 0 saturated carbocycles. The number of benzene rings is 2. The molecule has 0 spiro atoms. The van der Waals surface area contributed by atoms with Crippen LogP contribution in [0.3, 0.4) is 0 Å². The Hall–Kier alpha value is -4.46. The Labute approximate surface area is 267 Å². The second kappa shape index (κ2) is 17.1. The number of nitrogens with one attached hydrogen (secondary N) is 1. The van der Waals surface area contributed by atoms with Crippen molar-refractivity contribution < 1.29 is 14.1 Å². The summed E-state index contributed by atoms with van der Waals surface area (Å²) in [7, 11) is 0. The highest BCUT2D eigenvalue weighted by Gasteiger charge is 2.25. The van der Waals surface area contributed by atoms with E-state index in [1.165, 1.54) is 47.0 Å². The molecule has 0 unspecified atom stereocenters. The summed E-state index contributed by atoms with van der Waals surface area (Å²) in [5.74, 6) is 1.07. The molecule has 1 aliphatic heterocycles. The van der Waals surface area contributed by atoms with Gasteiger partial charge >= 0.3 is 5.76 Å². The molecule has 1 aliphatic carbocycles. The maximum absolute atomic E-state index is 13.4. The summed E-state index contributed by atoms with van der Waals surface area (Å²) in [5.41, 5.74) is 9.69. The summed E-state index contributed by atoms with van der Waals surface area (Å²) < 4.78 is 9.72. The molecule has 8 heteroatoms. The first-order valence-electron chi connectivity index (χ1n) is 15.7. The lowest BCUT2D eigenvalue weighted by molar-refractivity contribution is -0.117. The highest BCUT2D eigenvalue weighted by molar-refractivity contribution is 6.17. The first-order chi connectivity index (χ1) is 21.5. The molecule has 2 heterocycles. The fourth-order valence-corrected chi connectivity index (χ4v) is 5.15. The zero-order valence-electron chi connectivity index (χ0n) is 28.1. The molecule has 8 nitrogen and oxygen atoms in total. The van der Waals surface area contributed by atoms with E-state index >= 15 is 0 Å². The smallest absolute Gasteiger partial charge is 0.438 e. The van der Waals surface area contributed by atoms with E-state index < -0.39 is 5.76 Å². The summed E-state index contributed by atoms with van der Waals surface area (Å²) in [6.07, 6.45) is 11.4. The third-order valence-electron chi connectivity index (χ3n) is 7.56. The number of hydrogen-bond acceptors (Lipinski definition) is 6. The third-order valence-corrected chi connectivity index (χ3v) is 7.56. The second-order valence-electron chi connectivity index (χ2n) is 11.7. The van der Waals surface area contributed by atoms with Crippen molar-refractivity contribution in [1.29, 1.82) is 0 Å². The standard InChI is InChI=1S/C27H34N2O2.C8H12.C2H2N2O2/c1-7-8-26-23(16-22-10-9-19(4)15-20(22)5)17-27(30)29(21(6)28-26)24-11-13-25(14-12-24)31-18(2)3;1-7-5-3-4-6-8(7)2;5-2-3-1-4-6-2/h9-15,18H,7-8,16-17H2,1-6H3;5-6H,3-4H2,1-2H3;1H,(H,3,4,5). The van der Waals surface area contributed by atoms with E-state index in [-0.39, 0.29) is 12.0 Å². The quantitative estimate of drug-likeness (QED) is 0.288. The molecule has 2 aromatic carbocycles. The number of aromatic amines is 1. The number of amides is 1. The molecule has 45 heavy (non-hydrogen) atoms. The molecule has 0 radical (unpaired) electrons. The normalized spacial score (nSPS) is 14.8. The van der Waals surface area contributed by atoms with E-state index in [0.29, 0.717) is 6.42 Å². The minimum atomic E-state index is -0.519. The lowest BCUT2D eigenvalue weighted by Gasteiger charge is -2.21. The second-order valence-corrected chi connectivity index (χ2v) is 11.7. The number of aliphatic imine (C=N–C) groups is 1. The molecule has 2 aliphatic rings. The number of aryl methyl sites for hydroxylation is 2. The van der Waals surface area contributed by atoms with Crippen molar-refractivity contribution in [1.82, 2.24) is 10.1 Å². The number of allylic oxidation sites excluding steroid dienone is 5. The number of anilines is 1. The Morgan fingerprint density at radius 1 is 0.956 bits per heavy atom. The minimum absolute atomic E-state index is 0.0599. The van der Waals surface area contributed by atoms with Gasteiger partial charge in [0.25, 0.3) is 0 Å². The summed E-state index contributed by atoms with van der Waals surface area (Å²) in [4.78, 5) is 32.0. The van der Waals surface area contributed by atoms with Gasteiger partial charge in [-0.3, -0.25) is 19.2 Å². The van der Waals surface area contributed by atoms with E-state index in [1.54, 1.807) is 4.90 Å². The highest BCUT2D eigenvalue weighted by Crippen LogP contribution is 2.29. The van der Waals surface area contributed by atoms with Gasteiger partial charge in [-0.2, -0.15) is 0 Å². The van der Waals surface area contributed by atoms with Crippen molar-refractivity contribution in [3.8, 4) is 5.75 Å². The zero-order valence-corrected chi connectivity index (χ0v) is 28.1. The number of nitrogens with zero attached hydrogens (tertiary/aromatic N) is 3. The van der Waals surface area contributed by atoms with Crippen molar-refractivity contribution in [3.05, 3.63) is 111 Å². The molecular weight excluding hydrogens is 564 g/mol. The Balaban J connectivity index is 0.000000320. The summed E-state index contributed by atoms with van der Waals surface area (Å²) in [6.45, 7) is 16.7. The molecular formula is C37H48N4O4. The number of carbonyl (C=O) groups excluding carboxylic acids is 1. The van der Waals surface area contributed by atoms with Gasteiger partial charge in [-0.05, 0) is 115 Å². The largest absolute Gasteiger partial charge is 0.491 e. The van der Waals surface area contributed by atoms with Gasteiger partial charge in [0.15, 0.2) is 0 Å². The molecule has 5 rings (SSSR count). The summed E-state index contributed by atoms with van der Waals surface area (Å²) in [5, 5.41) is 3.08. The van der Waals surface area contributed by atoms with Crippen molar-refractivity contribution in [3.63, 3.8) is 0 Å². The average Bonchev–Trinajstić information content (AvgIpc) is 3.43. The number of H-pyrrole nitrogens is 1. The lowest BCUT2D eigenvalue weighted by Crippen LogP contribution is -2.34.